The van der Waals surface area contributed by atoms with Crippen LogP contribution in [0.4, 0.5) is 0 Å². The second-order valence-corrected chi connectivity index (χ2v) is 5.41. The maximum atomic E-state index is 11.8. The summed E-state index contributed by atoms with van der Waals surface area (Å²) in [6, 6.07) is 13.5. The molecule has 0 saturated heterocycles. The fourth-order valence-electron chi connectivity index (χ4n) is 1.88. The number of halogens is 1. The van der Waals surface area contributed by atoms with Crippen LogP contribution in [0.15, 0.2) is 57.9 Å². The largest absolute Gasteiger partial charge is 0.314 e. The standard InChI is InChI=1S/C14H14BrNOS/c15-13-6-7-14(17)16(9-13)8-12(10-18)11-4-2-1-3-5-11/h1-7,9,12,18H,8,10H2. The zero-order valence-corrected chi connectivity index (χ0v) is 12.3. The molecule has 1 heterocycles. The van der Waals surface area contributed by atoms with Gasteiger partial charge < -0.3 is 4.57 Å². The minimum Gasteiger partial charge on any atom is -0.314 e. The topological polar surface area (TPSA) is 22.0 Å². The molecule has 2 aromatic rings. The average Bonchev–Trinajstić information content (AvgIpc) is 2.41. The summed E-state index contributed by atoms with van der Waals surface area (Å²) in [6.45, 7) is 0.645. The van der Waals surface area contributed by atoms with Gasteiger partial charge in [-0.25, -0.2) is 0 Å². The Balaban J connectivity index is 2.26. The van der Waals surface area contributed by atoms with Crippen molar-refractivity contribution in [3.05, 3.63) is 69.1 Å². The summed E-state index contributed by atoms with van der Waals surface area (Å²) in [4.78, 5) is 11.8. The van der Waals surface area contributed by atoms with E-state index in [0.29, 0.717) is 12.3 Å². The van der Waals surface area contributed by atoms with Crippen molar-refractivity contribution in [2.24, 2.45) is 0 Å². The number of nitrogens with zero attached hydrogens (tertiary/aromatic N) is 1. The Bertz CT molecular complexity index is 568. The Hall–Kier alpha value is -1.00. The molecule has 0 radical (unpaired) electrons. The van der Waals surface area contributed by atoms with Gasteiger partial charge in [0.25, 0.3) is 5.56 Å². The molecule has 2 nitrogen and oxygen atoms in total. The van der Waals surface area contributed by atoms with Crippen molar-refractivity contribution in [3.63, 3.8) is 0 Å². The smallest absolute Gasteiger partial charge is 0.250 e. The summed E-state index contributed by atoms with van der Waals surface area (Å²) in [7, 11) is 0. The summed E-state index contributed by atoms with van der Waals surface area (Å²) in [5.74, 6) is 0.949. The van der Waals surface area contributed by atoms with Gasteiger partial charge in [0.15, 0.2) is 0 Å². The van der Waals surface area contributed by atoms with E-state index >= 15 is 0 Å². The minimum atomic E-state index is 0.0147. The molecule has 0 amide bonds. The molecule has 0 fully saturated rings. The molecule has 2 rings (SSSR count). The molecule has 0 saturated carbocycles. The maximum Gasteiger partial charge on any atom is 0.250 e. The van der Waals surface area contributed by atoms with E-state index in [-0.39, 0.29) is 11.5 Å². The lowest BCUT2D eigenvalue weighted by atomic mass is 10.0. The monoisotopic (exact) mass is 323 g/mol. The Labute approximate surface area is 120 Å². The average molecular weight is 324 g/mol. The van der Waals surface area contributed by atoms with Gasteiger partial charge in [-0.2, -0.15) is 12.6 Å². The maximum absolute atomic E-state index is 11.8. The molecule has 1 aromatic carbocycles. The number of aromatic nitrogens is 1. The van der Waals surface area contributed by atoms with Crippen LogP contribution in [0.2, 0.25) is 0 Å². The first kappa shape index (κ1) is 13.4. The number of benzene rings is 1. The Morgan fingerprint density at radius 3 is 2.56 bits per heavy atom. The van der Waals surface area contributed by atoms with Crippen LogP contribution in [0.3, 0.4) is 0 Å². The predicted molar refractivity (Wildman–Crippen MR) is 81.4 cm³/mol. The highest BCUT2D eigenvalue weighted by Crippen LogP contribution is 2.19. The number of thiol groups is 1. The van der Waals surface area contributed by atoms with Gasteiger partial charge in [0.2, 0.25) is 0 Å². The van der Waals surface area contributed by atoms with E-state index in [2.05, 4.69) is 40.7 Å². The molecule has 0 aliphatic heterocycles. The van der Waals surface area contributed by atoms with Gasteiger partial charge in [-0.15, -0.1) is 0 Å². The van der Waals surface area contributed by atoms with Gasteiger partial charge in [0.05, 0.1) is 0 Å². The molecule has 4 heteroatoms. The van der Waals surface area contributed by atoms with Crippen LogP contribution < -0.4 is 5.56 Å². The fourth-order valence-corrected chi connectivity index (χ4v) is 2.58. The predicted octanol–water partition coefficient (Wildman–Crippen LogP) is 3.32. The van der Waals surface area contributed by atoms with E-state index in [9.17, 15) is 4.79 Å². The van der Waals surface area contributed by atoms with Crippen LogP contribution in [0.1, 0.15) is 11.5 Å². The van der Waals surface area contributed by atoms with Crippen molar-refractivity contribution in [2.75, 3.05) is 5.75 Å². The number of hydrogen-bond donors (Lipinski definition) is 1. The van der Waals surface area contributed by atoms with Gasteiger partial charge >= 0.3 is 0 Å². The fraction of sp³-hybridized carbons (Fsp3) is 0.214. The molecule has 0 spiro atoms. The van der Waals surface area contributed by atoms with Gasteiger partial charge in [-0.3, -0.25) is 4.79 Å². The lowest BCUT2D eigenvalue weighted by molar-refractivity contribution is 0.586. The van der Waals surface area contributed by atoms with Crippen molar-refractivity contribution in [3.8, 4) is 0 Å². The third-order valence-corrected chi connectivity index (χ3v) is 3.77. The van der Waals surface area contributed by atoms with Crippen LogP contribution in [0.25, 0.3) is 0 Å². The number of pyridine rings is 1. The zero-order valence-electron chi connectivity index (χ0n) is 9.79. The molecule has 1 aromatic heterocycles. The van der Waals surface area contributed by atoms with Crippen LogP contribution >= 0.6 is 28.6 Å². The van der Waals surface area contributed by atoms with E-state index in [1.54, 1.807) is 16.7 Å². The van der Waals surface area contributed by atoms with Crippen molar-refractivity contribution < 1.29 is 0 Å². The van der Waals surface area contributed by atoms with Crippen molar-refractivity contribution >= 4 is 28.6 Å². The lowest BCUT2D eigenvalue weighted by Crippen LogP contribution is -2.22. The first-order valence-corrected chi connectivity index (χ1v) is 7.15. The molecular formula is C14H14BrNOS. The minimum absolute atomic E-state index is 0.0147. The molecule has 94 valence electrons. The molecular weight excluding hydrogens is 310 g/mol. The second-order valence-electron chi connectivity index (χ2n) is 4.13. The van der Waals surface area contributed by atoms with E-state index in [1.165, 1.54) is 5.56 Å². The molecule has 0 aliphatic carbocycles. The highest BCUT2D eigenvalue weighted by atomic mass is 79.9. The van der Waals surface area contributed by atoms with Gasteiger partial charge in [-0.1, -0.05) is 30.3 Å². The first-order valence-electron chi connectivity index (χ1n) is 5.72. The molecule has 0 aliphatic rings. The van der Waals surface area contributed by atoms with Crippen LogP contribution in [0, 0.1) is 0 Å². The highest BCUT2D eigenvalue weighted by molar-refractivity contribution is 9.10. The van der Waals surface area contributed by atoms with Crippen molar-refractivity contribution in [1.82, 2.24) is 4.57 Å². The summed E-state index contributed by atoms with van der Waals surface area (Å²) < 4.78 is 2.63. The SMILES string of the molecule is O=c1ccc(Br)cn1CC(CS)c1ccccc1. The van der Waals surface area contributed by atoms with Crippen LogP contribution in [0.5, 0.6) is 0 Å². The Morgan fingerprint density at radius 1 is 1.17 bits per heavy atom. The van der Waals surface area contributed by atoms with Gasteiger partial charge in [0.1, 0.15) is 0 Å². The third kappa shape index (κ3) is 3.27. The van der Waals surface area contributed by atoms with Gasteiger partial charge in [0, 0.05) is 29.2 Å². The zero-order chi connectivity index (χ0) is 13.0. The van der Waals surface area contributed by atoms with Crippen LogP contribution in [-0.2, 0) is 6.54 Å². The van der Waals surface area contributed by atoms with Crippen molar-refractivity contribution in [2.45, 2.75) is 12.5 Å². The quantitative estimate of drug-likeness (QED) is 0.856. The van der Waals surface area contributed by atoms with E-state index in [0.717, 1.165) is 4.47 Å². The third-order valence-electron chi connectivity index (χ3n) is 2.86. The first-order chi connectivity index (χ1) is 8.70. The number of rotatable bonds is 4. The molecule has 1 atom stereocenters. The Kier molecular flexibility index (Phi) is 4.66. The molecule has 0 N–H and O–H groups in total. The lowest BCUT2D eigenvalue weighted by Gasteiger charge is -2.16. The van der Waals surface area contributed by atoms with E-state index in [1.807, 2.05) is 24.4 Å². The highest BCUT2D eigenvalue weighted by Gasteiger charge is 2.11. The summed E-state index contributed by atoms with van der Waals surface area (Å²) in [5, 5.41) is 0. The van der Waals surface area contributed by atoms with E-state index < -0.39 is 0 Å². The van der Waals surface area contributed by atoms with Crippen molar-refractivity contribution in [1.29, 1.82) is 0 Å². The Morgan fingerprint density at radius 2 is 1.89 bits per heavy atom. The normalized spacial score (nSPS) is 12.3. The number of hydrogen-bond acceptors (Lipinski definition) is 2. The van der Waals surface area contributed by atoms with Crippen LogP contribution in [-0.4, -0.2) is 10.3 Å². The molecule has 18 heavy (non-hydrogen) atoms. The second kappa shape index (κ2) is 6.25. The van der Waals surface area contributed by atoms with Gasteiger partial charge in [-0.05, 0) is 33.3 Å². The summed E-state index contributed by atoms with van der Waals surface area (Å²) in [5.41, 5.74) is 1.22. The molecule has 0 bridgehead atoms. The molecule has 1 unspecified atom stereocenters. The summed E-state index contributed by atoms with van der Waals surface area (Å²) >= 11 is 7.78. The van der Waals surface area contributed by atoms with E-state index in [4.69, 9.17) is 0 Å². The summed E-state index contributed by atoms with van der Waals surface area (Å²) in [6.07, 6.45) is 1.82.